The monoisotopic (exact) mass is 567 g/mol. The molecule has 1 atom stereocenters. The predicted molar refractivity (Wildman–Crippen MR) is 142 cm³/mol. The highest BCUT2D eigenvalue weighted by Crippen LogP contribution is 2.23. The number of carbonyl (C=O) groups excluding carboxylic acids is 2. The van der Waals surface area contributed by atoms with Gasteiger partial charge in [0.05, 0.1) is 18.6 Å². The standard InChI is InChI=1S/C25H34BrN3O5S/c1-5-27-25(31)19(3)28(18-20-9-11-21(26)12-10-20)24(30)8-7-17-29(35(4,32)33)22-13-15-23(16-14-22)34-6-2/h9-16,19H,5-8,17-18H2,1-4H3,(H,27,31)/t19-/m0/s1. The lowest BCUT2D eigenvalue weighted by atomic mass is 10.1. The van der Waals surface area contributed by atoms with Crippen LogP contribution in [-0.4, -0.2) is 57.1 Å². The average Bonchev–Trinajstić information content (AvgIpc) is 2.81. The molecule has 2 amide bonds. The lowest BCUT2D eigenvalue weighted by Crippen LogP contribution is -2.47. The van der Waals surface area contributed by atoms with E-state index in [0.717, 1.165) is 16.3 Å². The molecule has 0 fully saturated rings. The van der Waals surface area contributed by atoms with E-state index in [2.05, 4.69) is 21.2 Å². The highest BCUT2D eigenvalue weighted by molar-refractivity contribution is 9.10. The van der Waals surface area contributed by atoms with Crippen LogP contribution in [0.1, 0.15) is 39.2 Å². The van der Waals surface area contributed by atoms with Gasteiger partial charge in [0.15, 0.2) is 0 Å². The van der Waals surface area contributed by atoms with E-state index in [4.69, 9.17) is 4.74 Å². The van der Waals surface area contributed by atoms with Gasteiger partial charge in [-0.05, 0) is 69.2 Å². The molecule has 2 aromatic carbocycles. The van der Waals surface area contributed by atoms with Crippen LogP contribution in [0.5, 0.6) is 5.75 Å². The zero-order chi connectivity index (χ0) is 26.0. The summed E-state index contributed by atoms with van der Waals surface area (Å²) >= 11 is 3.40. The van der Waals surface area contributed by atoms with Crippen molar-refractivity contribution in [2.45, 2.75) is 46.2 Å². The van der Waals surface area contributed by atoms with Crippen molar-refractivity contribution in [2.75, 3.05) is 30.3 Å². The number of likely N-dealkylation sites (N-methyl/N-ethyl adjacent to an activating group) is 1. The van der Waals surface area contributed by atoms with Gasteiger partial charge in [0.1, 0.15) is 11.8 Å². The molecule has 35 heavy (non-hydrogen) atoms. The number of carbonyl (C=O) groups is 2. The van der Waals surface area contributed by atoms with E-state index in [1.54, 1.807) is 31.2 Å². The molecule has 0 aromatic heterocycles. The third kappa shape index (κ3) is 8.85. The number of ether oxygens (including phenoxy) is 1. The maximum Gasteiger partial charge on any atom is 0.242 e. The van der Waals surface area contributed by atoms with Crippen LogP contribution in [-0.2, 0) is 26.2 Å². The van der Waals surface area contributed by atoms with E-state index in [-0.39, 0.29) is 31.3 Å². The summed E-state index contributed by atoms with van der Waals surface area (Å²) in [5.41, 5.74) is 1.40. The molecule has 2 aromatic rings. The minimum Gasteiger partial charge on any atom is -0.494 e. The molecule has 0 radical (unpaired) electrons. The minimum atomic E-state index is -3.55. The Morgan fingerprint density at radius 3 is 2.23 bits per heavy atom. The minimum absolute atomic E-state index is 0.101. The lowest BCUT2D eigenvalue weighted by Gasteiger charge is -2.29. The van der Waals surface area contributed by atoms with Crippen LogP contribution in [0.2, 0.25) is 0 Å². The highest BCUT2D eigenvalue weighted by atomic mass is 79.9. The van der Waals surface area contributed by atoms with Crippen LogP contribution in [0, 0.1) is 0 Å². The number of hydrogen-bond acceptors (Lipinski definition) is 5. The maximum absolute atomic E-state index is 13.2. The van der Waals surface area contributed by atoms with Crippen LogP contribution in [0.25, 0.3) is 0 Å². The summed E-state index contributed by atoms with van der Waals surface area (Å²) in [6.45, 7) is 6.80. The summed E-state index contributed by atoms with van der Waals surface area (Å²) in [6, 6.07) is 13.7. The second-order valence-corrected chi connectivity index (χ2v) is 10.9. The van der Waals surface area contributed by atoms with Crippen molar-refractivity contribution in [3.8, 4) is 5.75 Å². The molecule has 1 N–H and O–H groups in total. The molecular weight excluding hydrogens is 534 g/mol. The van der Waals surface area contributed by atoms with Crippen molar-refractivity contribution >= 4 is 43.5 Å². The molecule has 10 heteroatoms. The molecule has 0 saturated heterocycles. The predicted octanol–water partition coefficient (Wildman–Crippen LogP) is 3.95. The number of halogens is 1. The fourth-order valence-corrected chi connectivity index (χ4v) is 4.80. The summed E-state index contributed by atoms with van der Waals surface area (Å²) in [6.07, 6.45) is 1.55. The van der Waals surface area contributed by atoms with Crippen LogP contribution in [0.4, 0.5) is 5.69 Å². The van der Waals surface area contributed by atoms with Crippen molar-refractivity contribution in [1.29, 1.82) is 0 Å². The zero-order valence-electron chi connectivity index (χ0n) is 20.7. The Morgan fingerprint density at radius 2 is 1.69 bits per heavy atom. The second kappa shape index (κ2) is 13.5. The Bertz CT molecular complexity index is 1080. The topological polar surface area (TPSA) is 96.0 Å². The van der Waals surface area contributed by atoms with Gasteiger partial charge in [-0.1, -0.05) is 28.1 Å². The second-order valence-electron chi connectivity index (χ2n) is 8.08. The third-order valence-electron chi connectivity index (χ3n) is 5.37. The first-order valence-electron chi connectivity index (χ1n) is 11.6. The number of nitrogens with one attached hydrogen (secondary N) is 1. The first kappa shape index (κ1) is 28.6. The summed E-state index contributed by atoms with van der Waals surface area (Å²) in [5.74, 6) is 0.208. The van der Waals surface area contributed by atoms with E-state index in [0.29, 0.717) is 31.0 Å². The average molecular weight is 569 g/mol. The Kier molecular flexibility index (Phi) is 11.0. The fourth-order valence-electron chi connectivity index (χ4n) is 3.57. The van der Waals surface area contributed by atoms with Gasteiger partial charge in [0.25, 0.3) is 0 Å². The molecule has 0 heterocycles. The largest absolute Gasteiger partial charge is 0.494 e. The molecule has 0 saturated carbocycles. The van der Waals surface area contributed by atoms with Gasteiger partial charge in [-0.15, -0.1) is 0 Å². The van der Waals surface area contributed by atoms with Crippen molar-refractivity contribution in [3.05, 3.63) is 58.6 Å². The van der Waals surface area contributed by atoms with Gasteiger partial charge < -0.3 is 15.0 Å². The van der Waals surface area contributed by atoms with Gasteiger partial charge in [-0.25, -0.2) is 8.42 Å². The number of hydrogen-bond donors (Lipinski definition) is 1. The van der Waals surface area contributed by atoms with E-state index >= 15 is 0 Å². The van der Waals surface area contributed by atoms with Crippen molar-refractivity contribution < 1.29 is 22.7 Å². The SMILES string of the molecule is CCNC(=O)[C@H](C)N(Cc1ccc(Br)cc1)C(=O)CCCN(c1ccc(OCC)cc1)S(C)(=O)=O. The number of anilines is 1. The Labute approximate surface area is 216 Å². The maximum atomic E-state index is 13.2. The van der Waals surface area contributed by atoms with Gasteiger partial charge in [0.2, 0.25) is 21.8 Å². The molecule has 8 nitrogen and oxygen atoms in total. The number of nitrogens with zero attached hydrogens (tertiary/aromatic N) is 2. The number of sulfonamides is 1. The lowest BCUT2D eigenvalue weighted by molar-refractivity contribution is -0.140. The van der Waals surface area contributed by atoms with Gasteiger partial charge in [0, 0.05) is 30.5 Å². The van der Waals surface area contributed by atoms with Crippen LogP contribution < -0.4 is 14.4 Å². The molecule has 0 aliphatic heterocycles. The molecule has 0 unspecified atom stereocenters. The zero-order valence-corrected chi connectivity index (χ0v) is 23.1. The Balaban J connectivity index is 2.13. The molecule has 0 spiro atoms. The summed E-state index contributed by atoms with van der Waals surface area (Å²) in [7, 11) is -3.55. The normalized spacial score (nSPS) is 12.0. The highest BCUT2D eigenvalue weighted by Gasteiger charge is 2.26. The Morgan fingerprint density at radius 1 is 1.06 bits per heavy atom. The molecule has 192 valence electrons. The molecule has 0 aliphatic carbocycles. The number of amides is 2. The quantitative estimate of drug-likeness (QED) is 0.395. The van der Waals surface area contributed by atoms with Gasteiger partial charge >= 0.3 is 0 Å². The summed E-state index contributed by atoms with van der Waals surface area (Å²) < 4.78 is 32.5. The van der Waals surface area contributed by atoms with E-state index < -0.39 is 16.1 Å². The van der Waals surface area contributed by atoms with Crippen molar-refractivity contribution in [3.63, 3.8) is 0 Å². The molecular formula is C25H34BrN3O5S. The molecule has 0 aliphatic rings. The van der Waals surface area contributed by atoms with E-state index in [9.17, 15) is 18.0 Å². The summed E-state index contributed by atoms with van der Waals surface area (Å²) in [4.78, 5) is 27.2. The Hall–Kier alpha value is -2.59. The van der Waals surface area contributed by atoms with E-state index in [1.807, 2.05) is 38.1 Å². The van der Waals surface area contributed by atoms with Gasteiger partial charge in [-0.3, -0.25) is 13.9 Å². The van der Waals surface area contributed by atoms with Crippen LogP contribution in [0.3, 0.4) is 0 Å². The first-order chi connectivity index (χ1) is 16.6. The molecule has 2 rings (SSSR count). The number of rotatable bonds is 13. The van der Waals surface area contributed by atoms with Crippen LogP contribution >= 0.6 is 15.9 Å². The van der Waals surface area contributed by atoms with Crippen LogP contribution in [0.15, 0.2) is 53.0 Å². The fraction of sp³-hybridized carbons (Fsp3) is 0.440. The number of benzene rings is 2. The van der Waals surface area contributed by atoms with Crippen molar-refractivity contribution in [2.24, 2.45) is 0 Å². The summed E-state index contributed by atoms with van der Waals surface area (Å²) in [5, 5.41) is 2.77. The third-order valence-corrected chi connectivity index (χ3v) is 7.10. The smallest absolute Gasteiger partial charge is 0.242 e. The van der Waals surface area contributed by atoms with Gasteiger partial charge in [-0.2, -0.15) is 0 Å². The van der Waals surface area contributed by atoms with Crippen molar-refractivity contribution in [1.82, 2.24) is 10.2 Å². The first-order valence-corrected chi connectivity index (χ1v) is 14.2. The van der Waals surface area contributed by atoms with E-state index in [1.165, 1.54) is 9.21 Å². The molecule has 0 bridgehead atoms.